The maximum Gasteiger partial charge on any atom is 0.329 e. The molecule has 0 aromatic heterocycles. The van der Waals surface area contributed by atoms with Crippen LogP contribution in [-0.2, 0) is 14.3 Å². The van der Waals surface area contributed by atoms with Gasteiger partial charge in [0.05, 0.1) is 0 Å². The van der Waals surface area contributed by atoms with Crippen molar-refractivity contribution in [1.82, 2.24) is 4.90 Å². The van der Waals surface area contributed by atoms with E-state index in [1.54, 1.807) is 6.92 Å². The zero-order valence-electron chi connectivity index (χ0n) is 10.9. The van der Waals surface area contributed by atoms with Crippen LogP contribution in [0.25, 0.3) is 0 Å². The quantitative estimate of drug-likeness (QED) is 0.511. The van der Waals surface area contributed by atoms with Crippen LogP contribution in [0.4, 0.5) is 0 Å². The zero-order valence-corrected chi connectivity index (χ0v) is 10.9. The molecule has 1 aliphatic heterocycles. The Kier molecular flexibility index (Phi) is 4.17. The third-order valence-electron chi connectivity index (χ3n) is 2.42. The molecule has 0 aromatic rings. The number of amides is 1. The van der Waals surface area contributed by atoms with Crippen molar-refractivity contribution in [1.29, 1.82) is 0 Å². The molecule has 0 unspecified atom stereocenters. The average molecular weight is 237 g/mol. The number of ether oxygens (including phenoxy) is 1. The average Bonchev–Trinajstić information content (AvgIpc) is 2.63. The zero-order chi connectivity index (χ0) is 13.1. The van der Waals surface area contributed by atoms with Crippen molar-refractivity contribution in [3.05, 3.63) is 0 Å². The second kappa shape index (κ2) is 5.22. The van der Waals surface area contributed by atoms with E-state index in [9.17, 15) is 9.59 Å². The molecule has 1 heterocycles. The molecular weight excluding hydrogens is 218 g/mol. The topological polar surface area (TPSA) is 46.6 Å². The highest BCUT2D eigenvalue weighted by Gasteiger charge is 2.36. The maximum atomic E-state index is 11.9. The fraction of sp³-hybridized carbons (Fsp3) is 0.692. The largest absolute Gasteiger partial charge is 0.458 e. The van der Waals surface area contributed by atoms with Gasteiger partial charge in [-0.3, -0.25) is 4.79 Å². The van der Waals surface area contributed by atoms with Gasteiger partial charge < -0.3 is 9.64 Å². The van der Waals surface area contributed by atoms with Crippen molar-refractivity contribution in [2.75, 3.05) is 6.54 Å². The van der Waals surface area contributed by atoms with Crippen molar-refractivity contribution in [2.24, 2.45) is 0 Å². The van der Waals surface area contributed by atoms with E-state index in [0.29, 0.717) is 13.0 Å². The lowest BCUT2D eigenvalue weighted by Gasteiger charge is -2.26. The summed E-state index contributed by atoms with van der Waals surface area (Å²) >= 11 is 0. The summed E-state index contributed by atoms with van der Waals surface area (Å²) in [6, 6.07) is -0.470. The third kappa shape index (κ3) is 3.77. The van der Waals surface area contributed by atoms with Gasteiger partial charge in [-0.2, -0.15) is 0 Å². The fourth-order valence-corrected chi connectivity index (χ4v) is 1.80. The molecule has 1 fully saturated rings. The van der Waals surface area contributed by atoms with Gasteiger partial charge in [0.2, 0.25) is 0 Å². The van der Waals surface area contributed by atoms with E-state index in [0.717, 1.165) is 6.42 Å². The number of esters is 1. The predicted molar refractivity (Wildman–Crippen MR) is 64.0 cm³/mol. The lowest BCUT2D eigenvalue weighted by Crippen LogP contribution is -2.43. The minimum absolute atomic E-state index is 0.291. The number of hydrogen-bond acceptors (Lipinski definition) is 3. The molecule has 17 heavy (non-hydrogen) atoms. The van der Waals surface area contributed by atoms with E-state index >= 15 is 0 Å². The number of carbonyl (C=O) groups excluding carboxylic acids is 2. The molecule has 94 valence electrons. The van der Waals surface area contributed by atoms with Gasteiger partial charge in [0.1, 0.15) is 11.6 Å². The number of carbonyl (C=O) groups is 2. The second-order valence-electron chi connectivity index (χ2n) is 5.07. The van der Waals surface area contributed by atoms with Crippen molar-refractivity contribution in [3.8, 4) is 11.8 Å². The summed E-state index contributed by atoms with van der Waals surface area (Å²) in [7, 11) is 0. The van der Waals surface area contributed by atoms with E-state index < -0.39 is 11.6 Å². The van der Waals surface area contributed by atoms with Crippen LogP contribution in [0.2, 0.25) is 0 Å². The molecule has 1 saturated heterocycles. The molecule has 1 amide bonds. The molecule has 0 saturated carbocycles. The van der Waals surface area contributed by atoms with Crippen molar-refractivity contribution in [2.45, 2.75) is 52.2 Å². The number of likely N-dealkylation sites (tertiary alicyclic amines) is 1. The van der Waals surface area contributed by atoms with Crippen LogP contribution in [0.15, 0.2) is 0 Å². The lowest BCUT2D eigenvalue weighted by molar-refractivity contribution is -0.162. The molecule has 0 bridgehead atoms. The molecule has 4 nitrogen and oxygen atoms in total. The molecule has 0 radical (unpaired) electrons. The normalized spacial score (nSPS) is 19.5. The van der Waals surface area contributed by atoms with Crippen molar-refractivity contribution >= 4 is 11.9 Å². The van der Waals surface area contributed by atoms with E-state index in [1.165, 1.54) is 4.90 Å². The molecule has 0 N–H and O–H groups in total. The van der Waals surface area contributed by atoms with Crippen LogP contribution < -0.4 is 0 Å². The molecule has 0 aromatic carbocycles. The minimum atomic E-state index is -0.523. The Morgan fingerprint density at radius 1 is 1.35 bits per heavy atom. The Bertz CT molecular complexity index is 370. The summed E-state index contributed by atoms with van der Waals surface area (Å²) in [6.45, 7) is 7.64. The summed E-state index contributed by atoms with van der Waals surface area (Å²) in [5, 5.41) is 0. The fourth-order valence-electron chi connectivity index (χ4n) is 1.80. The van der Waals surface area contributed by atoms with E-state index in [-0.39, 0.29) is 11.9 Å². The first-order valence-electron chi connectivity index (χ1n) is 5.81. The van der Waals surface area contributed by atoms with Crippen LogP contribution >= 0.6 is 0 Å². The first-order valence-corrected chi connectivity index (χ1v) is 5.81. The molecule has 4 heteroatoms. The van der Waals surface area contributed by atoms with Gasteiger partial charge in [-0.15, -0.1) is 0 Å². The highest BCUT2D eigenvalue weighted by atomic mass is 16.6. The smallest absolute Gasteiger partial charge is 0.329 e. The highest BCUT2D eigenvalue weighted by Crippen LogP contribution is 2.20. The Balaban J connectivity index is 2.72. The summed E-state index contributed by atoms with van der Waals surface area (Å²) in [5.74, 6) is 4.40. The lowest BCUT2D eigenvalue weighted by atomic mass is 10.1. The van der Waals surface area contributed by atoms with Gasteiger partial charge in [0, 0.05) is 6.54 Å². The SMILES string of the molecule is CC#CC(=O)N1CCC[C@@H]1C(=O)OC(C)(C)C. The highest BCUT2D eigenvalue weighted by molar-refractivity contribution is 5.96. The van der Waals surface area contributed by atoms with Gasteiger partial charge in [-0.1, -0.05) is 5.92 Å². The van der Waals surface area contributed by atoms with Crippen LogP contribution in [0, 0.1) is 11.8 Å². The number of hydrogen-bond donors (Lipinski definition) is 0. The molecule has 1 aliphatic rings. The molecule has 0 spiro atoms. The second-order valence-corrected chi connectivity index (χ2v) is 5.07. The molecule has 0 aliphatic carbocycles. The Morgan fingerprint density at radius 2 is 2.00 bits per heavy atom. The number of nitrogens with zero attached hydrogens (tertiary/aromatic N) is 1. The summed E-state index contributed by atoms with van der Waals surface area (Å²) < 4.78 is 5.30. The van der Waals surface area contributed by atoms with Crippen LogP contribution in [0.3, 0.4) is 0 Å². The van der Waals surface area contributed by atoms with Gasteiger partial charge in [0.15, 0.2) is 0 Å². The first-order chi connectivity index (χ1) is 7.85. The van der Waals surface area contributed by atoms with Gasteiger partial charge >= 0.3 is 5.97 Å². The van der Waals surface area contributed by atoms with Crippen LogP contribution in [0.1, 0.15) is 40.5 Å². The van der Waals surface area contributed by atoms with Gasteiger partial charge in [-0.25, -0.2) is 4.79 Å². The maximum absolute atomic E-state index is 11.9. The van der Waals surface area contributed by atoms with Crippen molar-refractivity contribution in [3.63, 3.8) is 0 Å². The van der Waals surface area contributed by atoms with E-state index in [2.05, 4.69) is 11.8 Å². The molecule has 1 rings (SSSR count). The Labute approximate surface area is 102 Å². The monoisotopic (exact) mass is 237 g/mol. The third-order valence-corrected chi connectivity index (χ3v) is 2.42. The summed E-state index contributed by atoms with van der Waals surface area (Å²) in [5.41, 5.74) is -0.523. The minimum Gasteiger partial charge on any atom is -0.458 e. The number of rotatable bonds is 1. The van der Waals surface area contributed by atoms with Crippen LogP contribution in [-0.4, -0.2) is 35.0 Å². The summed E-state index contributed by atoms with van der Waals surface area (Å²) in [6.07, 6.45) is 1.48. The first kappa shape index (κ1) is 13.6. The standard InChI is InChI=1S/C13H19NO3/c1-5-7-11(15)14-9-6-8-10(14)12(16)17-13(2,3)4/h10H,6,8-9H2,1-4H3/t10-/m1/s1. The van der Waals surface area contributed by atoms with Gasteiger partial charge in [0.25, 0.3) is 5.91 Å². The van der Waals surface area contributed by atoms with E-state index in [1.807, 2.05) is 20.8 Å². The molecular formula is C13H19NO3. The predicted octanol–water partition coefficient (Wildman–Crippen LogP) is 1.34. The summed E-state index contributed by atoms with van der Waals surface area (Å²) in [4.78, 5) is 25.1. The van der Waals surface area contributed by atoms with Gasteiger partial charge in [-0.05, 0) is 46.5 Å². The molecule has 1 atom stereocenters. The van der Waals surface area contributed by atoms with E-state index in [4.69, 9.17) is 4.74 Å². The Morgan fingerprint density at radius 3 is 2.53 bits per heavy atom. The van der Waals surface area contributed by atoms with Crippen LogP contribution in [0.5, 0.6) is 0 Å². The Hall–Kier alpha value is -1.50. The van der Waals surface area contributed by atoms with Crippen molar-refractivity contribution < 1.29 is 14.3 Å².